The number of benzene rings is 2. The van der Waals surface area contributed by atoms with E-state index in [0.717, 1.165) is 27.2 Å². The van der Waals surface area contributed by atoms with E-state index in [9.17, 15) is 19.5 Å². The average Bonchev–Trinajstić information content (AvgIpc) is 3.25. The van der Waals surface area contributed by atoms with Crippen LogP contribution >= 0.6 is 0 Å². The highest BCUT2D eigenvalue weighted by atomic mass is 16.6. The minimum Gasteiger partial charge on any atom is -0.481 e. The van der Waals surface area contributed by atoms with Crippen LogP contribution in [0.3, 0.4) is 0 Å². The molecule has 1 saturated heterocycles. The zero-order valence-corrected chi connectivity index (χ0v) is 15.7. The van der Waals surface area contributed by atoms with Crippen LogP contribution in [0.4, 0.5) is 4.79 Å². The van der Waals surface area contributed by atoms with Gasteiger partial charge in [-0.15, -0.1) is 0 Å². The smallest absolute Gasteiger partial charge is 0.410 e. The van der Waals surface area contributed by atoms with Gasteiger partial charge in [0.05, 0.1) is 0 Å². The van der Waals surface area contributed by atoms with Crippen LogP contribution in [0.15, 0.2) is 48.5 Å². The predicted octanol–water partition coefficient (Wildman–Crippen LogP) is 3.19. The molecule has 0 radical (unpaired) electrons. The Bertz CT molecular complexity index is 926. The van der Waals surface area contributed by atoms with E-state index in [0.29, 0.717) is 0 Å². The number of carbonyl (C=O) groups is 3. The van der Waals surface area contributed by atoms with Crippen LogP contribution in [0.2, 0.25) is 0 Å². The summed E-state index contributed by atoms with van der Waals surface area (Å²) in [5, 5.41) is 18.4. The Morgan fingerprint density at radius 2 is 1.55 bits per heavy atom. The van der Waals surface area contributed by atoms with Crippen LogP contribution in [-0.4, -0.2) is 52.3 Å². The summed E-state index contributed by atoms with van der Waals surface area (Å²) in [5.74, 6) is -2.67. The fourth-order valence-corrected chi connectivity index (χ4v) is 4.43. The van der Waals surface area contributed by atoms with Gasteiger partial charge in [0.25, 0.3) is 0 Å². The number of carbonyl (C=O) groups excluding carboxylic acids is 1. The second-order valence-corrected chi connectivity index (χ2v) is 7.51. The maximum Gasteiger partial charge on any atom is 0.410 e. The van der Waals surface area contributed by atoms with E-state index in [1.165, 1.54) is 0 Å². The Morgan fingerprint density at radius 1 is 0.966 bits per heavy atom. The molecule has 2 atom stereocenters. The topological polar surface area (TPSA) is 104 Å². The van der Waals surface area contributed by atoms with Gasteiger partial charge in [0, 0.05) is 18.9 Å². The number of rotatable bonds is 5. The largest absolute Gasteiger partial charge is 0.481 e. The van der Waals surface area contributed by atoms with E-state index in [1.54, 1.807) is 0 Å². The third kappa shape index (κ3) is 3.55. The highest BCUT2D eigenvalue weighted by Gasteiger charge is 2.41. The lowest BCUT2D eigenvalue weighted by atomic mass is 9.98. The molecule has 4 rings (SSSR count). The van der Waals surface area contributed by atoms with E-state index in [2.05, 4.69) is 0 Å². The zero-order chi connectivity index (χ0) is 20.5. The lowest BCUT2D eigenvalue weighted by Crippen LogP contribution is -2.41. The lowest BCUT2D eigenvalue weighted by molar-refractivity contribution is -0.142. The third-order valence-corrected chi connectivity index (χ3v) is 5.71. The van der Waals surface area contributed by atoms with Crippen molar-refractivity contribution in [2.75, 3.05) is 13.2 Å². The Kier molecular flexibility index (Phi) is 4.96. The van der Waals surface area contributed by atoms with Gasteiger partial charge < -0.3 is 14.9 Å². The summed E-state index contributed by atoms with van der Waals surface area (Å²) < 4.78 is 5.53. The molecule has 0 saturated carbocycles. The van der Waals surface area contributed by atoms with Crippen molar-refractivity contribution < 1.29 is 29.3 Å². The highest BCUT2D eigenvalue weighted by molar-refractivity contribution is 5.82. The van der Waals surface area contributed by atoms with Gasteiger partial charge in [0.1, 0.15) is 12.6 Å². The normalized spacial score (nSPS) is 20.2. The summed E-state index contributed by atoms with van der Waals surface area (Å²) >= 11 is 0. The monoisotopic (exact) mass is 395 g/mol. The minimum atomic E-state index is -1.15. The van der Waals surface area contributed by atoms with Crippen LogP contribution in [-0.2, 0) is 14.3 Å². The summed E-state index contributed by atoms with van der Waals surface area (Å²) in [5.41, 5.74) is 4.36. The number of fused-ring (bicyclic) bond motifs is 3. The standard InChI is InChI=1S/C22H21NO6/c24-20(25)10-13-9-19(21(26)27)23(11-13)22(28)29-12-18-16-7-3-1-5-14(16)15-6-2-4-8-17(15)18/h1-8,13,18-19H,9-12H2,(H,24,25)(H,26,27)/t13-,19+/m1/s1. The molecule has 2 aromatic rings. The number of hydrogen-bond donors (Lipinski definition) is 2. The lowest BCUT2D eigenvalue weighted by Gasteiger charge is -2.22. The number of carboxylic acid groups (broad SMARTS) is 2. The predicted molar refractivity (Wildman–Crippen MR) is 104 cm³/mol. The van der Waals surface area contributed by atoms with Crippen molar-refractivity contribution in [2.24, 2.45) is 5.92 Å². The molecule has 1 aliphatic carbocycles. The first kappa shape index (κ1) is 19.0. The molecule has 150 valence electrons. The van der Waals surface area contributed by atoms with Crippen LogP contribution in [0, 0.1) is 5.92 Å². The Balaban J connectivity index is 1.49. The van der Waals surface area contributed by atoms with E-state index in [4.69, 9.17) is 9.84 Å². The quantitative estimate of drug-likeness (QED) is 0.806. The molecule has 1 fully saturated rings. The van der Waals surface area contributed by atoms with Crippen molar-refractivity contribution in [1.29, 1.82) is 0 Å². The summed E-state index contributed by atoms with van der Waals surface area (Å²) in [7, 11) is 0. The van der Waals surface area contributed by atoms with Gasteiger partial charge >= 0.3 is 18.0 Å². The summed E-state index contributed by atoms with van der Waals surface area (Å²) in [6.45, 7) is 0.166. The number of hydrogen-bond acceptors (Lipinski definition) is 4. The van der Waals surface area contributed by atoms with Crippen LogP contribution in [0.1, 0.15) is 29.9 Å². The van der Waals surface area contributed by atoms with E-state index < -0.39 is 30.0 Å². The Labute approximate surface area is 167 Å². The number of amides is 1. The number of nitrogens with zero attached hydrogens (tertiary/aromatic N) is 1. The maximum atomic E-state index is 12.7. The van der Waals surface area contributed by atoms with Gasteiger partial charge in [-0.2, -0.15) is 0 Å². The van der Waals surface area contributed by atoms with Crippen LogP contribution in [0.25, 0.3) is 11.1 Å². The fourth-order valence-electron chi connectivity index (χ4n) is 4.43. The molecule has 1 amide bonds. The number of likely N-dealkylation sites (tertiary alicyclic amines) is 1. The van der Waals surface area contributed by atoms with E-state index >= 15 is 0 Å². The molecule has 1 aliphatic heterocycles. The molecule has 7 heteroatoms. The summed E-state index contributed by atoms with van der Waals surface area (Å²) in [4.78, 5) is 36.3. The van der Waals surface area contributed by atoms with Gasteiger partial charge in [-0.25, -0.2) is 9.59 Å². The number of ether oxygens (including phenoxy) is 1. The minimum absolute atomic E-state index is 0.0694. The van der Waals surface area contributed by atoms with Crippen molar-refractivity contribution in [3.8, 4) is 11.1 Å². The molecule has 0 unspecified atom stereocenters. The molecule has 2 N–H and O–H groups in total. The summed E-state index contributed by atoms with van der Waals surface area (Å²) in [6.07, 6.45) is -0.768. The van der Waals surface area contributed by atoms with Crippen molar-refractivity contribution >= 4 is 18.0 Å². The van der Waals surface area contributed by atoms with Gasteiger partial charge in [-0.1, -0.05) is 48.5 Å². The van der Waals surface area contributed by atoms with E-state index in [-0.39, 0.29) is 31.9 Å². The molecule has 2 aromatic carbocycles. The first-order valence-corrected chi connectivity index (χ1v) is 9.52. The fraction of sp³-hybridized carbons (Fsp3) is 0.318. The van der Waals surface area contributed by atoms with Crippen molar-refractivity contribution in [2.45, 2.75) is 24.8 Å². The maximum absolute atomic E-state index is 12.7. The highest BCUT2D eigenvalue weighted by Crippen LogP contribution is 2.44. The second kappa shape index (κ2) is 7.58. The second-order valence-electron chi connectivity index (χ2n) is 7.51. The average molecular weight is 395 g/mol. The Morgan fingerprint density at radius 3 is 2.10 bits per heavy atom. The first-order chi connectivity index (χ1) is 14.0. The zero-order valence-electron chi connectivity index (χ0n) is 15.7. The van der Waals surface area contributed by atoms with Crippen molar-refractivity contribution in [1.82, 2.24) is 4.90 Å². The Hall–Kier alpha value is -3.35. The van der Waals surface area contributed by atoms with Gasteiger partial charge in [0.2, 0.25) is 0 Å². The molecule has 0 spiro atoms. The van der Waals surface area contributed by atoms with E-state index in [1.807, 2.05) is 48.5 Å². The van der Waals surface area contributed by atoms with Crippen molar-refractivity contribution in [3.05, 3.63) is 59.7 Å². The van der Waals surface area contributed by atoms with Gasteiger partial charge in [-0.05, 0) is 34.6 Å². The molecule has 7 nitrogen and oxygen atoms in total. The molecular formula is C22H21NO6. The SMILES string of the molecule is O=C(O)C[C@H]1C[C@@H](C(=O)O)N(C(=O)OCC2c3ccccc3-c3ccccc32)C1. The molecule has 2 aliphatic rings. The molecule has 0 aromatic heterocycles. The number of carboxylic acids is 2. The van der Waals surface area contributed by atoms with Gasteiger partial charge in [0.15, 0.2) is 0 Å². The summed E-state index contributed by atoms with van der Waals surface area (Å²) in [6, 6.07) is 14.8. The molecular weight excluding hydrogens is 374 g/mol. The first-order valence-electron chi connectivity index (χ1n) is 9.52. The molecule has 1 heterocycles. The van der Waals surface area contributed by atoms with Crippen LogP contribution < -0.4 is 0 Å². The van der Waals surface area contributed by atoms with Crippen molar-refractivity contribution in [3.63, 3.8) is 0 Å². The molecule has 29 heavy (non-hydrogen) atoms. The van der Waals surface area contributed by atoms with Gasteiger partial charge in [-0.3, -0.25) is 9.69 Å². The molecule has 0 bridgehead atoms. The number of aliphatic carboxylic acids is 2. The van der Waals surface area contributed by atoms with Crippen LogP contribution in [0.5, 0.6) is 0 Å². The third-order valence-electron chi connectivity index (χ3n) is 5.71.